The Morgan fingerprint density at radius 2 is 1.56 bits per heavy atom. The Kier molecular flexibility index (Phi) is 19.5. The van der Waals surface area contributed by atoms with Crippen LogP contribution in [0.1, 0.15) is 136 Å². The topological polar surface area (TPSA) is 239 Å². The van der Waals surface area contributed by atoms with Gasteiger partial charge in [0, 0.05) is 64.6 Å². The van der Waals surface area contributed by atoms with Gasteiger partial charge in [-0.3, -0.25) is 4.79 Å². The van der Waals surface area contributed by atoms with Gasteiger partial charge in [-0.1, -0.05) is 51.2 Å². The summed E-state index contributed by atoms with van der Waals surface area (Å²) in [6.45, 7) is 5.92. The summed E-state index contributed by atoms with van der Waals surface area (Å²) in [6.07, 6.45) is 7.36. The van der Waals surface area contributed by atoms with Crippen molar-refractivity contribution in [3.8, 4) is 0 Å². The van der Waals surface area contributed by atoms with Crippen LogP contribution in [0.3, 0.4) is 0 Å². The monoisotopic (exact) mass is 1010 g/mol. The first-order valence-electron chi connectivity index (χ1n) is 25.9. The van der Waals surface area contributed by atoms with Gasteiger partial charge in [0.05, 0.1) is 66.7 Å². The fraction of sp³-hybridized carbons (Fsp3) is 0.846. The van der Waals surface area contributed by atoms with E-state index in [0.29, 0.717) is 70.6 Å². The van der Waals surface area contributed by atoms with Gasteiger partial charge < -0.3 is 73.3 Å². The third-order valence-corrected chi connectivity index (χ3v) is 16.6. The standard InChI is InChI=1S/C52H81ClO17/c1-30-18-21-50-23-20-40(62-4)48(69-50)47(59)46(58)31(2)16-17-39-45(53)43(63-5)28-51(66-39)22-19-32(3)52(70-51)29-42(38(68-52)15-10-8-6-7-9-14-37(56)49(60)61)65-44(57)27-36-13-11-12-35(64-36)25-33(54)24-34(55)26-41(30)67-50/h7-10,18,21,30-43,45-48,54-56,58-59H,6,11-17,19-20,22-29H2,1-5H3,(H,60,61)/b9-7-,10-8+/t30-,31+,32+,33+,34+,35+,36-,37-,38+,39-,40+,41+,42+,43-,45-,46+,47+,48+,50+,51+,52-/m1/s1. The first kappa shape index (κ1) is 55.7. The molecule has 0 amide bonds. The molecule has 7 heterocycles. The molecule has 17 nitrogen and oxygen atoms in total. The van der Waals surface area contributed by atoms with E-state index in [0.717, 1.165) is 6.42 Å². The van der Waals surface area contributed by atoms with Gasteiger partial charge in [0.1, 0.15) is 24.4 Å². The zero-order valence-corrected chi connectivity index (χ0v) is 42.4. The Morgan fingerprint density at radius 1 is 0.814 bits per heavy atom. The second-order valence-electron chi connectivity index (χ2n) is 21.4. The maximum absolute atomic E-state index is 13.9. The number of carboxylic acids is 1. The second-order valence-corrected chi connectivity index (χ2v) is 21.9. The number of carbonyl (C=O) groups is 2. The number of fused-ring (bicyclic) bond motifs is 6. The Labute approximate surface area is 418 Å². The van der Waals surface area contributed by atoms with Gasteiger partial charge in [-0.25, -0.2) is 4.79 Å². The van der Waals surface area contributed by atoms with Crippen LogP contribution in [0.15, 0.2) is 36.5 Å². The van der Waals surface area contributed by atoms with Crippen LogP contribution in [-0.4, -0.2) is 165 Å². The highest BCUT2D eigenvalue weighted by molar-refractivity contribution is 6.21. The largest absolute Gasteiger partial charge is 0.479 e. The summed E-state index contributed by atoms with van der Waals surface area (Å²) in [6, 6.07) is 0. The van der Waals surface area contributed by atoms with Crippen molar-refractivity contribution in [1.29, 1.82) is 0 Å². The maximum atomic E-state index is 13.9. The number of methoxy groups -OCH3 is 2. The lowest BCUT2D eigenvalue weighted by atomic mass is 9.82. The van der Waals surface area contributed by atoms with E-state index in [1.165, 1.54) is 0 Å². The Morgan fingerprint density at radius 3 is 2.31 bits per heavy atom. The summed E-state index contributed by atoms with van der Waals surface area (Å²) in [5.41, 5.74) is 0. The van der Waals surface area contributed by atoms with Crippen LogP contribution in [-0.2, 0) is 52.2 Å². The molecule has 3 spiro atoms. The summed E-state index contributed by atoms with van der Waals surface area (Å²) in [7, 11) is 3.17. The van der Waals surface area contributed by atoms with Crippen LogP contribution in [0.4, 0.5) is 0 Å². The average molecular weight is 1010 g/mol. The van der Waals surface area contributed by atoms with Gasteiger partial charge in [0.2, 0.25) is 0 Å². The normalized spacial score (nSPS) is 46.2. The molecule has 0 aromatic rings. The number of esters is 1. The van der Waals surface area contributed by atoms with Crippen molar-refractivity contribution < 1.29 is 82.9 Å². The highest BCUT2D eigenvalue weighted by atomic mass is 35.5. The minimum absolute atomic E-state index is 0.0103. The summed E-state index contributed by atoms with van der Waals surface area (Å²) in [4.78, 5) is 24.9. The van der Waals surface area contributed by atoms with Crippen LogP contribution in [0.2, 0.25) is 0 Å². The van der Waals surface area contributed by atoms with Crippen LogP contribution in [0.5, 0.6) is 0 Å². The molecule has 70 heavy (non-hydrogen) atoms. The second kappa shape index (κ2) is 24.5. The fourth-order valence-corrected chi connectivity index (χ4v) is 12.1. The van der Waals surface area contributed by atoms with E-state index in [9.17, 15) is 35.1 Å². The number of allylic oxidation sites excluding steroid dienone is 2. The van der Waals surface area contributed by atoms with Gasteiger partial charge in [-0.15, -0.1) is 11.6 Å². The Hall–Kier alpha value is -2.07. The number of rotatable bonds is 9. The van der Waals surface area contributed by atoms with Crippen molar-refractivity contribution in [3.63, 3.8) is 0 Å². The number of halogens is 1. The number of hydrogen-bond donors (Lipinski definition) is 6. The minimum Gasteiger partial charge on any atom is -0.479 e. The number of carboxylic acid groups (broad SMARTS) is 1. The number of aliphatic hydroxyl groups is 5. The van der Waals surface area contributed by atoms with Gasteiger partial charge in [0.25, 0.3) is 0 Å². The lowest BCUT2D eigenvalue weighted by Gasteiger charge is -2.54. The van der Waals surface area contributed by atoms with Crippen LogP contribution >= 0.6 is 11.6 Å². The molecule has 18 heteroatoms. The van der Waals surface area contributed by atoms with E-state index < -0.39 is 120 Å². The Balaban J connectivity index is 1.13. The molecule has 7 aliphatic heterocycles. The van der Waals surface area contributed by atoms with Crippen molar-refractivity contribution in [2.45, 2.75) is 245 Å². The number of carbonyl (C=O) groups excluding carboxylic acids is 1. The number of aliphatic hydroxyl groups excluding tert-OH is 5. The van der Waals surface area contributed by atoms with Gasteiger partial charge in [0.15, 0.2) is 23.5 Å². The van der Waals surface area contributed by atoms with E-state index in [2.05, 4.69) is 6.92 Å². The molecule has 0 aliphatic carbocycles. The SMILES string of the molecule is CO[C@H]1CC[C@]23C=C[C@@H](C)[C@H](C[C@@H](O)C[C@H](O)C[C@@H]4CCC[C@H](CC(=O)O[C@H]5C[C@@]6(O[C@H]5C/C=C/C/C=C\C[C@@H](O)C(=O)O)O[C@@]5(CC[C@@H]6C)C[C@@H](OC)[C@H](Cl)[C@@H](CC[C@H](C)[C@H](O)[C@H](O)[C@H]1O2)O5)O4)O3. The van der Waals surface area contributed by atoms with Crippen molar-refractivity contribution in [2.24, 2.45) is 17.8 Å². The van der Waals surface area contributed by atoms with Crippen molar-refractivity contribution >= 4 is 23.5 Å². The predicted molar refractivity (Wildman–Crippen MR) is 254 cm³/mol. The smallest absolute Gasteiger partial charge is 0.332 e. The van der Waals surface area contributed by atoms with Crippen LogP contribution in [0.25, 0.3) is 0 Å². The average Bonchev–Trinajstić information content (AvgIpc) is 3.66. The summed E-state index contributed by atoms with van der Waals surface area (Å²) < 4.78 is 58.8. The molecule has 0 aromatic carbocycles. The third-order valence-electron chi connectivity index (χ3n) is 16.1. The highest BCUT2D eigenvalue weighted by Gasteiger charge is 2.61. The zero-order valence-electron chi connectivity index (χ0n) is 41.6. The molecular formula is C52H81ClO17. The van der Waals surface area contributed by atoms with Crippen LogP contribution in [0, 0.1) is 17.8 Å². The molecule has 0 unspecified atom stereocenters. The van der Waals surface area contributed by atoms with E-state index >= 15 is 0 Å². The van der Waals surface area contributed by atoms with Crippen molar-refractivity contribution in [2.75, 3.05) is 14.2 Å². The van der Waals surface area contributed by atoms with Crippen LogP contribution < -0.4 is 0 Å². The highest BCUT2D eigenvalue weighted by Crippen LogP contribution is 2.53. The van der Waals surface area contributed by atoms with Crippen molar-refractivity contribution in [1.82, 2.24) is 0 Å². The molecule has 21 atom stereocenters. The number of aliphatic carboxylic acids is 1. The lowest BCUT2D eigenvalue weighted by molar-refractivity contribution is -0.413. The molecule has 398 valence electrons. The number of hydrogen-bond acceptors (Lipinski definition) is 16. The molecule has 0 aromatic heterocycles. The fourth-order valence-electron chi connectivity index (χ4n) is 11.8. The molecule has 9 bridgehead atoms. The summed E-state index contributed by atoms with van der Waals surface area (Å²) in [5.74, 6) is -5.95. The maximum Gasteiger partial charge on any atom is 0.332 e. The molecule has 7 aliphatic rings. The molecule has 6 fully saturated rings. The number of alkyl halides is 1. The molecule has 0 radical (unpaired) electrons. The predicted octanol–water partition coefficient (Wildman–Crippen LogP) is 5.52. The quantitative estimate of drug-likeness (QED) is 0.0947. The first-order valence-corrected chi connectivity index (χ1v) is 26.4. The first-order chi connectivity index (χ1) is 33.4. The van der Waals surface area contributed by atoms with E-state index in [4.69, 9.17) is 59.3 Å². The van der Waals surface area contributed by atoms with Crippen molar-refractivity contribution in [3.05, 3.63) is 36.5 Å². The molecular weight excluding hydrogens is 932 g/mol. The van der Waals surface area contributed by atoms with E-state index in [-0.39, 0.29) is 56.5 Å². The molecule has 0 saturated carbocycles. The summed E-state index contributed by atoms with van der Waals surface area (Å²) >= 11 is 7.14. The minimum atomic E-state index is -1.47. The summed E-state index contributed by atoms with van der Waals surface area (Å²) in [5, 5.41) is 64.3. The van der Waals surface area contributed by atoms with Gasteiger partial charge >= 0.3 is 11.9 Å². The Bertz CT molecular complexity index is 1800. The van der Waals surface area contributed by atoms with Gasteiger partial charge in [-0.05, 0) is 82.6 Å². The van der Waals surface area contributed by atoms with E-state index in [1.807, 2.05) is 38.2 Å². The lowest BCUT2D eigenvalue weighted by Crippen LogP contribution is -2.61. The zero-order chi connectivity index (χ0) is 50.4. The molecule has 6 N–H and O–H groups in total. The molecule has 7 rings (SSSR count). The third kappa shape index (κ3) is 13.6. The number of ether oxygens (including phenoxy) is 9. The molecule has 6 saturated heterocycles. The van der Waals surface area contributed by atoms with E-state index in [1.54, 1.807) is 26.4 Å². The van der Waals surface area contributed by atoms with Gasteiger partial charge in [-0.2, -0.15) is 0 Å².